The van der Waals surface area contributed by atoms with Crippen molar-refractivity contribution in [3.8, 4) is 11.5 Å². The molecule has 2 amide bonds. The minimum atomic E-state index is -0.327. The molecular formula is C27H28N4O5. The lowest BCUT2D eigenvalue weighted by Crippen LogP contribution is -2.50. The number of carbonyl (C=O) groups excluding carboxylic acids is 2. The van der Waals surface area contributed by atoms with Crippen LogP contribution in [0.5, 0.6) is 11.5 Å². The summed E-state index contributed by atoms with van der Waals surface area (Å²) in [5, 5.41) is 0. The van der Waals surface area contributed by atoms with Gasteiger partial charge in [-0.1, -0.05) is 18.2 Å². The standard InChI is InChI=1S/C27H28N4O5/c1-18(20-14-28-17-29-15-20)36-22-7-8-23(25(13-22)34-2)26(32)30-11-9-21(10-12-30)31-24-6-4-3-5-19(24)16-35-27(31)33/h3-8,13-15,17-18,21H,9-12,16H2,1-2H3. The van der Waals surface area contributed by atoms with E-state index in [-0.39, 0.29) is 24.1 Å². The predicted molar refractivity (Wildman–Crippen MR) is 132 cm³/mol. The number of anilines is 1. The second-order valence-electron chi connectivity index (χ2n) is 8.87. The molecule has 1 unspecified atom stereocenters. The molecule has 0 saturated carbocycles. The van der Waals surface area contributed by atoms with Gasteiger partial charge >= 0.3 is 6.09 Å². The molecule has 2 aromatic carbocycles. The Kier molecular flexibility index (Phi) is 6.71. The molecular weight excluding hydrogens is 460 g/mol. The van der Waals surface area contributed by atoms with E-state index >= 15 is 0 Å². The van der Waals surface area contributed by atoms with Crippen molar-refractivity contribution >= 4 is 17.7 Å². The lowest BCUT2D eigenvalue weighted by Gasteiger charge is -2.40. The highest BCUT2D eigenvalue weighted by Crippen LogP contribution is 2.33. The maximum atomic E-state index is 13.4. The normalized spacial score (nSPS) is 16.7. The van der Waals surface area contributed by atoms with Gasteiger partial charge in [0, 0.05) is 48.7 Å². The maximum absolute atomic E-state index is 13.4. The van der Waals surface area contributed by atoms with E-state index in [9.17, 15) is 9.59 Å². The Labute approximate surface area is 209 Å². The number of methoxy groups -OCH3 is 1. The SMILES string of the molecule is COc1cc(OC(C)c2cncnc2)ccc1C(=O)N1CCC(N2C(=O)OCc3ccccc32)CC1. The summed E-state index contributed by atoms with van der Waals surface area (Å²) >= 11 is 0. The molecule has 1 aromatic heterocycles. The van der Waals surface area contributed by atoms with Gasteiger partial charge in [0.15, 0.2) is 0 Å². The highest BCUT2D eigenvalue weighted by Gasteiger charge is 2.35. The molecule has 9 heteroatoms. The number of carbonyl (C=O) groups is 2. The number of piperidine rings is 1. The molecule has 186 valence electrons. The quantitative estimate of drug-likeness (QED) is 0.508. The number of rotatable bonds is 6. The van der Waals surface area contributed by atoms with Crippen molar-refractivity contribution in [3.05, 3.63) is 77.9 Å². The summed E-state index contributed by atoms with van der Waals surface area (Å²) < 4.78 is 16.9. The minimum absolute atomic E-state index is 0.0240. The van der Waals surface area contributed by atoms with E-state index in [2.05, 4.69) is 9.97 Å². The van der Waals surface area contributed by atoms with Gasteiger partial charge in [0.25, 0.3) is 5.91 Å². The van der Waals surface area contributed by atoms with Crippen molar-refractivity contribution in [2.24, 2.45) is 0 Å². The molecule has 1 saturated heterocycles. The molecule has 0 radical (unpaired) electrons. The first-order valence-electron chi connectivity index (χ1n) is 12.0. The molecule has 2 aliphatic heterocycles. The third-order valence-electron chi connectivity index (χ3n) is 6.68. The zero-order chi connectivity index (χ0) is 25.1. The molecule has 0 aliphatic carbocycles. The average Bonchev–Trinajstić information content (AvgIpc) is 2.93. The number of hydrogen-bond donors (Lipinski definition) is 0. The molecule has 1 fully saturated rings. The molecule has 36 heavy (non-hydrogen) atoms. The third-order valence-corrected chi connectivity index (χ3v) is 6.68. The zero-order valence-electron chi connectivity index (χ0n) is 20.3. The highest BCUT2D eigenvalue weighted by molar-refractivity contribution is 5.97. The van der Waals surface area contributed by atoms with Crippen LogP contribution in [0, 0.1) is 0 Å². The number of amides is 2. The maximum Gasteiger partial charge on any atom is 0.414 e. The van der Waals surface area contributed by atoms with E-state index in [1.54, 1.807) is 40.4 Å². The average molecular weight is 489 g/mol. The molecule has 3 aromatic rings. The van der Waals surface area contributed by atoms with E-state index in [1.807, 2.05) is 31.2 Å². The fourth-order valence-electron chi connectivity index (χ4n) is 4.73. The summed E-state index contributed by atoms with van der Waals surface area (Å²) in [6, 6.07) is 13.0. The Morgan fingerprint density at radius 3 is 2.61 bits per heavy atom. The Morgan fingerprint density at radius 1 is 1.11 bits per heavy atom. The summed E-state index contributed by atoms with van der Waals surface area (Å²) in [7, 11) is 1.54. The lowest BCUT2D eigenvalue weighted by molar-refractivity contribution is 0.0705. The van der Waals surface area contributed by atoms with Gasteiger partial charge < -0.3 is 19.1 Å². The Morgan fingerprint density at radius 2 is 1.86 bits per heavy atom. The van der Waals surface area contributed by atoms with Crippen LogP contribution in [0.25, 0.3) is 0 Å². The van der Waals surface area contributed by atoms with Crippen LogP contribution in [0.2, 0.25) is 0 Å². The first kappa shape index (κ1) is 23.6. The lowest BCUT2D eigenvalue weighted by atomic mass is 10.00. The smallest absolute Gasteiger partial charge is 0.414 e. The van der Waals surface area contributed by atoms with Crippen molar-refractivity contribution in [1.82, 2.24) is 14.9 Å². The Bertz CT molecular complexity index is 1240. The van der Waals surface area contributed by atoms with Gasteiger partial charge in [-0.15, -0.1) is 0 Å². The van der Waals surface area contributed by atoms with Gasteiger partial charge in [-0.25, -0.2) is 14.8 Å². The third kappa shape index (κ3) is 4.68. The second kappa shape index (κ2) is 10.2. The van der Waals surface area contributed by atoms with Crippen molar-refractivity contribution in [3.63, 3.8) is 0 Å². The predicted octanol–water partition coefficient (Wildman–Crippen LogP) is 4.39. The van der Waals surface area contributed by atoms with Crippen LogP contribution in [0.15, 0.2) is 61.2 Å². The minimum Gasteiger partial charge on any atom is -0.496 e. The number of nitrogens with zero attached hydrogens (tertiary/aromatic N) is 4. The van der Waals surface area contributed by atoms with E-state index in [4.69, 9.17) is 14.2 Å². The van der Waals surface area contributed by atoms with E-state index < -0.39 is 0 Å². The number of benzene rings is 2. The van der Waals surface area contributed by atoms with Gasteiger partial charge in [0.1, 0.15) is 30.5 Å². The largest absolute Gasteiger partial charge is 0.496 e. The number of aromatic nitrogens is 2. The van der Waals surface area contributed by atoms with Crippen LogP contribution in [0.3, 0.4) is 0 Å². The molecule has 0 N–H and O–H groups in total. The van der Waals surface area contributed by atoms with E-state index in [0.717, 1.165) is 16.8 Å². The highest BCUT2D eigenvalue weighted by atomic mass is 16.6. The first-order chi connectivity index (χ1) is 17.5. The van der Waals surface area contributed by atoms with Gasteiger partial charge in [-0.2, -0.15) is 0 Å². The second-order valence-corrected chi connectivity index (χ2v) is 8.87. The van der Waals surface area contributed by atoms with Crippen LogP contribution in [-0.4, -0.2) is 53.1 Å². The topological polar surface area (TPSA) is 94.1 Å². The Balaban J connectivity index is 1.26. The summed E-state index contributed by atoms with van der Waals surface area (Å²) in [6.45, 7) is 3.26. The van der Waals surface area contributed by atoms with Crippen LogP contribution >= 0.6 is 0 Å². The molecule has 9 nitrogen and oxygen atoms in total. The number of fused-ring (bicyclic) bond motifs is 1. The monoisotopic (exact) mass is 488 g/mol. The molecule has 3 heterocycles. The van der Waals surface area contributed by atoms with Crippen LogP contribution in [-0.2, 0) is 11.3 Å². The van der Waals surface area contributed by atoms with E-state index in [1.165, 1.54) is 13.4 Å². The van der Waals surface area contributed by atoms with Crippen molar-refractivity contribution in [2.75, 3.05) is 25.1 Å². The van der Waals surface area contributed by atoms with E-state index in [0.29, 0.717) is 49.6 Å². The van der Waals surface area contributed by atoms with Crippen molar-refractivity contribution < 1.29 is 23.8 Å². The summed E-state index contributed by atoms with van der Waals surface area (Å²) in [5.74, 6) is 0.924. The first-order valence-corrected chi connectivity index (χ1v) is 12.0. The zero-order valence-corrected chi connectivity index (χ0v) is 20.3. The van der Waals surface area contributed by atoms with Crippen LogP contribution < -0.4 is 14.4 Å². The summed E-state index contributed by atoms with van der Waals surface area (Å²) in [5.41, 5.74) is 3.21. The fraction of sp³-hybridized carbons (Fsp3) is 0.333. The van der Waals surface area contributed by atoms with Gasteiger partial charge in [-0.05, 0) is 38.0 Å². The van der Waals surface area contributed by atoms with Crippen LogP contribution in [0.1, 0.15) is 47.4 Å². The summed E-state index contributed by atoms with van der Waals surface area (Å²) in [4.78, 5) is 37.5. The Hall–Kier alpha value is -4.14. The molecule has 2 aliphatic rings. The van der Waals surface area contributed by atoms with Crippen molar-refractivity contribution in [1.29, 1.82) is 0 Å². The van der Waals surface area contributed by atoms with Crippen molar-refractivity contribution in [2.45, 2.75) is 38.5 Å². The molecule has 5 rings (SSSR count). The molecule has 0 bridgehead atoms. The molecule has 0 spiro atoms. The number of likely N-dealkylation sites (tertiary alicyclic amines) is 1. The number of para-hydroxylation sites is 1. The number of hydrogen-bond acceptors (Lipinski definition) is 7. The summed E-state index contributed by atoms with van der Waals surface area (Å²) in [6.07, 6.45) is 5.62. The number of cyclic esters (lactones) is 1. The molecule has 1 atom stereocenters. The van der Waals surface area contributed by atoms with Crippen LogP contribution in [0.4, 0.5) is 10.5 Å². The number of ether oxygens (including phenoxy) is 3. The fourth-order valence-corrected chi connectivity index (χ4v) is 4.73. The van der Waals surface area contributed by atoms with Gasteiger partial charge in [0.05, 0.1) is 18.4 Å². The van der Waals surface area contributed by atoms with Gasteiger partial charge in [-0.3, -0.25) is 9.69 Å². The van der Waals surface area contributed by atoms with Gasteiger partial charge in [0.2, 0.25) is 0 Å².